The first-order valence-electron chi connectivity index (χ1n) is 7.08. The van der Waals surface area contributed by atoms with E-state index in [2.05, 4.69) is 31.3 Å². The Kier molecular flexibility index (Phi) is 6.53. The fourth-order valence-corrected chi connectivity index (χ4v) is 3.49. The molecule has 0 aromatic heterocycles. The van der Waals surface area contributed by atoms with Gasteiger partial charge in [0.25, 0.3) is 0 Å². The van der Waals surface area contributed by atoms with E-state index in [9.17, 15) is 0 Å². The van der Waals surface area contributed by atoms with Gasteiger partial charge in [-0.2, -0.15) is 0 Å². The molecule has 3 nitrogen and oxygen atoms in total. The van der Waals surface area contributed by atoms with Crippen molar-refractivity contribution in [2.75, 3.05) is 26.2 Å². The van der Waals surface area contributed by atoms with Crippen LogP contribution in [0.15, 0.2) is 0 Å². The lowest BCUT2D eigenvalue weighted by Crippen LogP contribution is -2.35. The van der Waals surface area contributed by atoms with Gasteiger partial charge in [0.1, 0.15) is 0 Å². The average Bonchev–Trinajstić information content (AvgIpc) is 2.41. The molecule has 2 rings (SSSR count). The number of hydrogen-bond acceptors (Lipinski definition) is 3. The van der Waals surface area contributed by atoms with Crippen LogP contribution in [0.2, 0.25) is 0 Å². The van der Waals surface area contributed by atoms with Crippen molar-refractivity contribution in [2.24, 2.45) is 0 Å². The Balaban J connectivity index is 1.53. The van der Waals surface area contributed by atoms with Gasteiger partial charge in [-0.1, -0.05) is 6.42 Å². The van der Waals surface area contributed by atoms with Gasteiger partial charge in [-0.25, -0.2) is 0 Å². The molecule has 2 aliphatic rings. The summed E-state index contributed by atoms with van der Waals surface area (Å²) in [4.78, 5) is 2.56. The van der Waals surface area contributed by atoms with E-state index in [1.807, 2.05) is 0 Å². The van der Waals surface area contributed by atoms with Gasteiger partial charge in [0.05, 0.1) is 12.7 Å². The highest BCUT2D eigenvalue weighted by atomic mass is 127. The minimum Gasteiger partial charge on any atom is -0.377 e. The Morgan fingerprint density at radius 3 is 2.41 bits per heavy atom. The number of ether oxygens (including phenoxy) is 1. The molecular formula is C13H25IN2O. The fourth-order valence-electron chi connectivity index (χ4n) is 2.87. The van der Waals surface area contributed by atoms with Gasteiger partial charge in [0.15, 0.2) is 0 Å². The summed E-state index contributed by atoms with van der Waals surface area (Å²) in [5.74, 6) is 0. The Morgan fingerprint density at radius 2 is 1.76 bits per heavy atom. The van der Waals surface area contributed by atoms with E-state index in [-0.39, 0.29) is 0 Å². The van der Waals surface area contributed by atoms with Crippen LogP contribution in [0.5, 0.6) is 0 Å². The van der Waals surface area contributed by atoms with E-state index in [0.29, 0.717) is 6.10 Å². The first kappa shape index (κ1) is 14.0. The Bertz CT molecular complexity index is 202. The van der Waals surface area contributed by atoms with Crippen LogP contribution in [0.1, 0.15) is 44.9 Å². The van der Waals surface area contributed by atoms with Crippen molar-refractivity contribution in [1.82, 2.24) is 8.43 Å². The predicted molar refractivity (Wildman–Crippen MR) is 79.4 cm³/mol. The molecule has 0 amide bonds. The van der Waals surface area contributed by atoms with Crippen molar-refractivity contribution < 1.29 is 4.74 Å². The molecule has 0 aromatic rings. The van der Waals surface area contributed by atoms with Gasteiger partial charge >= 0.3 is 0 Å². The third kappa shape index (κ3) is 5.01. The van der Waals surface area contributed by atoms with E-state index in [4.69, 9.17) is 4.74 Å². The van der Waals surface area contributed by atoms with Crippen LogP contribution < -0.4 is 3.53 Å². The summed E-state index contributed by atoms with van der Waals surface area (Å²) in [6.07, 6.45) is 9.74. The molecule has 1 N–H and O–H groups in total. The Hall–Kier alpha value is 0.610. The molecule has 0 atom stereocenters. The van der Waals surface area contributed by atoms with Gasteiger partial charge in [-0.15, -0.1) is 0 Å². The van der Waals surface area contributed by atoms with Gasteiger partial charge < -0.3 is 9.64 Å². The summed E-state index contributed by atoms with van der Waals surface area (Å²) in [5, 5.41) is 0. The van der Waals surface area contributed by atoms with Crippen LogP contribution >= 0.6 is 22.9 Å². The first-order chi connectivity index (χ1) is 8.38. The number of hydrogen-bond donors (Lipinski definition) is 1. The molecule has 17 heavy (non-hydrogen) atoms. The molecule has 0 spiro atoms. The first-order valence-corrected chi connectivity index (χ1v) is 8.16. The highest BCUT2D eigenvalue weighted by Crippen LogP contribution is 2.21. The molecule has 0 unspecified atom stereocenters. The fraction of sp³-hybridized carbons (Fsp3) is 1.00. The largest absolute Gasteiger partial charge is 0.377 e. The molecule has 0 bridgehead atoms. The second-order valence-electron chi connectivity index (χ2n) is 5.36. The molecule has 0 radical (unpaired) electrons. The number of halogens is 1. The lowest BCUT2D eigenvalue weighted by atomic mass is 9.94. The zero-order valence-electron chi connectivity index (χ0n) is 10.7. The van der Waals surface area contributed by atoms with Gasteiger partial charge in [0, 0.05) is 35.5 Å². The van der Waals surface area contributed by atoms with Crippen molar-refractivity contribution in [1.29, 1.82) is 0 Å². The number of nitrogens with zero attached hydrogens (tertiary/aromatic N) is 1. The number of piperidine rings is 1. The normalized spacial score (nSPS) is 31.6. The molecule has 100 valence electrons. The average molecular weight is 352 g/mol. The molecule has 1 aliphatic carbocycles. The minimum atomic E-state index is 0.529. The molecule has 2 fully saturated rings. The Labute approximate surface area is 119 Å². The summed E-state index contributed by atoms with van der Waals surface area (Å²) in [6, 6.07) is 0.720. The topological polar surface area (TPSA) is 24.5 Å². The van der Waals surface area contributed by atoms with E-state index < -0.39 is 0 Å². The predicted octanol–water partition coefficient (Wildman–Crippen LogP) is 2.74. The van der Waals surface area contributed by atoms with Crippen molar-refractivity contribution >= 4 is 22.9 Å². The highest BCUT2D eigenvalue weighted by Gasteiger charge is 2.20. The maximum atomic E-state index is 6.01. The summed E-state index contributed by atoms with van der Waals surface area (Å²) in [7, 11) is 0. The van der Waals surface area contributed by atoms with Crippen LogP contribution in [0.25, 0.3) is 0 Å². The smallest absolute Gasteiger partial charge is 0.0597 e. The highest BCUT2D eigenvalue weighted by molar-refractivity contribution is 14.1. The summed E-state index contributed by atoms with van der Waals surface area (Å²) < 4.78 is 9.35. The van der Waals surface area contributed by atoms with Crippen LogP contribution in [0.4, 0.5) is 0 Å². The van der Waals surface area contributed by atoms with Crippen LogP contribution in [0, 0.1) is 0 Å². The lowest BCUT2D eigenvalue weighted by Gasteiger charge is -2.30. The van der Waals surface area contributed by atoms with Gasteiger partial charge in [0.2, 0.25) is 0 Å². The lowest BCUT2D eigenvalue weighted by molar-refractivity contribution is 0.0108. The monoisotopic (exact) mass is 352 g/mol. The standard InChI is InChI=1S/C13H25IN2O/c14-15-12-4-6-13(7-5-12)17-11-10-16-8-2-1-3-9-16/h12-13,15H,1-11H2. The summed E-state index contributed by atoms with van der Waals surface area (Å²) in [6.45, 7) is 4.65. The SMILES string of the molecule is INC1CCC(OCCN2CCCCC2)CC1. The van der Waals surface area contributed by atoms with Crippen molar-refractivity contribution in [3.05, 3.63) is 0 Å². The van der Waals surface area contributed by atoms with E-state index in [1.165, 1.54) is 58.0 Å². The number of nitrogens with one attached hydrogen (secondary N) is 1. The van der Waals surface area contributed by atoms with E-state index >= 15 is 0 Å². The molecule has 1 saturated heterocycles. The Morgan fingerprint density at radius 1 is 1.06 bits per heavy atom. The zero-order chi connectivity index (χ0) is 11.9. The van der Waals surface area contributed by atoms with E-state index in [0.717, 1.165) is 19.2 Å². The maximum Gasteiger partial charge on any atom is 0.0597 e. The van der Waals surface area contributed by atoms with Crippen molar-refractivity contribution in [3.63, 3.8) is 0 Å². The molecule has 0 aromatic carbocycles. The third-order valence-corrected chi connectivity index (χ3v) is 4.92. The van der Waals surface area contributed by atoms with Crippen molar-refractivity contribution in [2.45, 2.75) is 57.1 Å². The molecule has 4 heteroatoms. The summed E-state index contributed by atoms with van der Waals surface area (Å²) in [5.41, 5.74) is 0. The van der Waals surface area contributed by atoms with Gasteiger partial charge in [-0.3, -0.25) is 3.53 Å². The maximum absolute atomic E-state index is 6.01. The minimum absolute atomic E-state index is 0.529. The summed E-state index contributed by atoms with van der Waals surface area (Å²) >= 11 is 2.27. The molecular weight excluding hydrogens is 327 g/mol. The number of rotatable bonds is 5. The van der Waals surface area contributed by atoms with E-state index in [1.54, 1.807) is 0 Å². The molecule has 1 heterocycles. The quantitative estimate of drug-likeness (QED) is 0.608. The van der Waals surface area contributed by atoms with Crippen LogP contribution in [-0.2, 0) is 4.74 Å². The second-order valence-corrected chi connectivity index (χ2v) is 5.98. The zero-order valence-corrected chi connectivity index (χ0v) is 12.8. The molecule has 1 saturated carbocycles. The van der Waals surface area contributed by atoms with Crippen LogP contribution in [-0.4, -0.2) is 43.3 Å². The van der Waals surface area contributed by atoms with Gasteiger partial charge in [-0.05, 0) is 51.6 Å². The number of likely N-dealkylation sites (tertiary alicyclic amines) is 1. The second kappa shape index (κ2) is 7.92. The third-order valence-electron chi connectivity index (χ3n) is 4.04. The molecule has 1 aliphatic heterocycles. The van der Waals surface area contributed by atoms with Crippen molar-refractivity contribution in [3.8, 4) is 0 Å². The van der Waals surface area contributed by atoms with Crippen LogP contribution in [0.3, 0.4) is 0 Å².